The Hall–Kier alpha value is -3.15. The molecule has 122 valence electrons. The molecule has 0 atom stereocenters. The van der Waals surface area contributed by atoms with E-state index in [-0.39, 0.29) is 12.5 Å². The van der Waals surface area contributed by atoms with Gasteiger partial charge in [0, 0.05) is 0 Å². The number of benzene rings is 2. The monoisotopic (exact) mass is 322 g/mol. The van der Waals surface area contributed by atoms with Crippen LogP contribution in [0.3, 0.4) is 0 Å². The van der Waals surface area contributed by atoms with E-state index in [1.807, 2.05) is 55.5 Å². The molecule has 24 heavy (non-hydrogen) atoms. The molecule has 3 aromatic rings. The molecule has 1 heterocycles. The lowest BCUT2D eigenvalue weighted by atomic mass is 10.1. The maximum absolute atomic E-state index is 12.1. The van der Waals surface area contributed by atoms with Crippen LogP contribution in [0.1, 0.15) is 12.5 Å². The van der Waals surface area contributed by atoms with Gasteiger partial charge in [-0.2, -0.15) is 5.10 Å². The molecule has 0 saturated heterocycles. The van der Waals surface area contributed by atoms with Crippen LogP contribution in [0.4, 0.5) is 0 Å². The van der Waals surface area contributed by atoms with Gasteiger partial charge in [-0.05, 0) is 48.9 Å². The molecule has 0 bridgehead atoms. The van der Waals surface area contributed by atoms with Gasteiger partial charge in [0.1, 0.15) is 12.3 Å². The number of fused-ring (bicyclic) bond motifs is 1. The molecule has 0 aliphatic rings. The predicted octanol–water partition coefficient (Wildman–Crippen LogP) is 2.59. The molecule has 0 unspecified atom stereocenters. The van der Waals surface area contributed by atoms with Gasteiger partial charge in [-0.25, -0.2) is 10.4 Å². The van der Waals surface area contributed by atoms with E-state index in [0.717, 1.165) is 28.1 Å². The number of imidazole rings is 1. The molecule has 1 amide bonds. The highest BCUT2D eigenvalue weighted by atomic mass is 16.5. The highest BCUT2D eigenvalue weighted by molar-refractivity contribution is 5.99. The van der Waals surface area contributed by atoms with Crippen molar-refractivity contribution in [2.24, 2.45) is 5.10 Å². The van der Waals surface area contributed by atoms with Gasteiger partial charge in [-0.1, -0.05) is 12.1 Å². The summed E-state index contributed by atoms with van der Waals surface area (Å²) in [4.78, 5) is 16.4. The summed E-state index contributed by atoms with van der Waals surface area (Å²) in [5.74, 6) is 0.577. The Kier molecular flexibility index (Phi) is 4.56. The number of rotatable bonds is 5. The third-order valence-corrected chi connectivity index (χ3v) is 3.70. The summed E-state index contributed by atoms with van der Waals surface area (Å²) in [5.41, 5.74) is 6.01. The average molecular weight is 322 g/mol. The quantitative estimate of drug-likeness (QED) is 0.580. The first-order valence-electron chi connectivity index (χ1n) is 7.55. The fourth-order valence-corrected chi connectivity index (χ4v) is 2.37. The summed E-state index contributed by atoms with van der Waals surface area (Å²) >= 11 is 0. The maximum Gasteiger partial charge on any atom is 0.260 e. The fraction of sp³-hybridized carbons (Fsp3) is 0.167. The van der Waals surface area contributed by atoms with Crippen molar-refractivity contribution in [3.8, 4) is 5.75 Å². The minimum absolute atomic E-state index is 0.167. The second kappa shape index (κ2) is 6.95. The number of nitrogens with one attached hydrogen (secondary N) is 1. The van der Waals surface area contributed by atoms with E-state index < -0.39 is 0 Å². The molecule has 1 aromatic heterocycles. The van der Waals surface area contributed by atoms with Crippen LogP contribution in [0.2, 0.25) is 0 Å². The van der Waals surface area contributed by atoms with Gasteiger partial charge in [0.05, 0.1) is 30.2 Å². The highest BCUT2D eigenvalue weighted by Gasteiger charge is 2.06. The smallest absolute Gasteiger partial charge is 0.260 e. The largest absolute Gasteiger partial charge is 0.497 e. The number of hydrazone groups is 1. The predicted molar refractivity (Wildman–Crippen MR) is 93.1 cm³/mol. The highest BCUT2D eigenvalue weighted by Crippen LogP contribution is 2.12. The zero-order valence-corrected chi connectivity index (χ0v) is 13.6. The summed E-state index contributed by atoms with van der Waals surface area (Å²) in [6, 6.07) is 15.2. The van der Waals surface area contributed by atoms with E-state index in [0.29, 0.717) is 0 Å². The summed E-state index contributed by atoms with van der Waals surface area (Å²) < 4.78 is 6.92. The third kappa shape index (κ3) is 3.43. The van der Waals surface area contributed by atoms with Crippen LogP contribution < -0.4 is 10.2 Å². The van der Waals surface area contributed by atoms with Crippen LogP contribution >= 0.6 is 0 Å². The van der Waals surface area contributed by atoms with Crippen LogP contribution in [-0.4, -0.2) is 28.3 Å². The van der Waals surface area contributed by atoms with Gasteiger partial charge in [0.15, 0.2) is 0 Å². The molecule has 0 spiro atoms. The lowest BCUT2D eigenvalue weighted by molar-refractivity contribution is -0.121. The number of hydrogen-bond donors (Lipinski definition) is 1. The average Bonchev–Trinajstić information content (AvgIpc) is 3.03. The minimum Gasteiger partial charge on any atom is -0.497 e. The first-order valence-corrected chi connectivity index (χ1v) is 7.55. The number of carbonyl (C=O) groups excluding carboxylic acids is 1. The zero-order chi connectivity index (χ0) is 16.9. The molecule has 2 aromatic carbocycles. The van der Waals surface area contributed by atoms with Crippen molar-refractivity contribution in [1.82, 2.24) is 15.0 Å². The van der Waals surface area contributed by atoms with E-state index >= 15 is 0 Å². The van der Waals surface area contributed by atoms with E-state index in [4.69, 9.17) is 4.74 Å². The topological polar surface area (TPSA) is 68.5 Å². The van der Waals surface area contributed by atoms with Crippen LogP contribution in [0.15, 0.2) is 60.0 Å². The van der Waals surface area contributed by atoms with Crippen molar-refractivity contribution in [2.75, 3.05) is 7.11 Å². The summed E-state index contributed by atoms with van der Waals surface area (Å²) in [5, 5.41) is 4.15. The van der Waals surface area contributed by atoms with Crippen molar-refractivity contribution < 1.29 is 9.53 Å². The van der Waals surface area contributed by atoms with E-state index in [2.05, 4.69) is 15.5 Å². The number of amides is 1. The van der Waals surface area contributed by atoms with Gasteiger partial charge in [-0.15, -0.1) is 0 Å². The number of hydrogen-bond acceptors (Lipinski definition) is 4. The number of para-hydroxylation sites is 2. The summed E-state index contributed by atoms with van der Waals surface area (Å²) in [6.07, 6.45) is 1.66. The second-order valence-corrected chi connectivity index (χ2v) is 5.32. The van der Waals surface area contributed by atoms with Crippen LogP contribution in [0.25, 0.3) is 11.0 Å². The Morgan fingerprint density at radius 1 is 1.21 bits per heavy atom. The molecule has 0 aliphatic carbocycles. The normalized spacial score (nSPS) is 11.5. The second-order valence-electron chi connectivity index (χ2n) is 5.32. The number of nitrogens with zero attached hydrogens (tertiary/aromatic N) is 3. The van der Waals surface area contributed by atoms with Gasteiger partial charge in [0.25, 0.3) is 5.91 Å². The van der Waals surface area contributed by atoms with Crippen molar-refractivity contribution in [3.63, 3.8) is 0 Å². The number of methoxy groups -OCH3 is 1. The molecular formula is C18H18N4O2. The molecule has 0 aliphatic heterocycles. The minimum atomic E-state index is -0.203. The Morgan fingerprint density at radius 3 is 2.71 bits per heavy atom. The number of ether oxygens (including phenoxy) is 1. The van der Waals surface area contributed by atoms with Gasteiger partial charge in [0.2, 0.25) is 0 Å². The van der Waals surface area contributed by atoms with Crippen LogP contribution in [-0.2, 0) is 11.3 Å². The van der Waals surface area contributed by atoms with Gasteiger partial charge < -0.3 is 9.30 Å². The van der Waals surface area contributed by atoms with E-state index in [9.17, 15) is 4.79 Å². The van der Waals surface area contributed by atoms with Crippen LogP contribution in [0, 0.1) is 0 Å². The first kappa shape index (κ1) is 15.7. The number of carbonyl (C=O) groups is 1. The van der Waals surface area contributed by atoms with Crippen LogP contribution in [0.5, 0.6) is 5.75 Å². The SMILES string of the molecule is COc1ccc(C(C)=NNC(=O)Cn2cnc3ccccc32)cc1. The van der Waals surface area contributed by atoms with E-state index in [1.165, 1.54) is 0 Å². The van der Waals surface area contributed by atoms with Gasteiger partial charge in [-0.3, -0.25) is 4.79 Å². The Bertz CT molecular complexity index is 881. The molecule has 1 N–H and O–H groups in total. The fourth-order valence-electron chi connectivity index (χ4n) is 2.37. The molecular weight excluding hydrogens is 304 g/mol. The Labute approximate surface area is 139 Å². The summed E-state index contributed by atoms with van der Waals surface area (Å²) in [7, 11) is 1.62. The Morgan fingerprint density at radius 2 is 1.96 bits per heavy atom. The van der Waals surface area contributed by atoms with Crippen molar-refractivity contribution >= 4 is 22.7 Å². The zero-order valence-electron chi connectivity index (χ0n) is 13.6. The van der Waals surface area contributed by atoms with Crippen molar-refractivity contribution in [2.45, 2.75) is 13.5 Å². The molecule has 0 radical (unpaired) electrons. The maximum atomic E-state index is 12.1. The van der Waals surface area contributed by atoms with Crippen molar-refractivity contribution in [3.05, 3.63) is 60.4 Å². The molecule has 0 fully saturated rings. The number of aromatic nitrogens is 2. The van der Waals surface area contributed by atoms with E-state index in [1.54, 1.807) is 18.0 Å². The molecule has 0 saturated carbocycles. The van der Waals surface area contributed by atoms with Crippen molar-refractivity contribution in [1.29, 1.82) is 0 Å². The Balaban J connectivity index is 1.65. The lowest BCUT2D eigenvalue weighted by Gasteiger charge is -2.05. The van der Waals surface area contributed by atoms with Gasteiger partial charge >= 0.3 is 0 Å². The standard InChI is InChI=1S/C18H18N4O2/c1-13(14-7-9-15(24-2)10-8-14)20-21-18(23)11-22-12-19-16-5-3-4-6-17(16)22/h3-10,12H,11H2,1-2H3,(H,21,23). The third-order valence-electron chi connectivity index (χ3n) is 3.70. The molecule has 3 rings (SSSR count). The molecule has 6 heteroatoms. The first-order chi connectivity index (χ1) is 11.7. The summed E-state index contributed by atoms with van der Waals surface area (Å²) in [6.45, 7) is 2.01. The lowest BCUT2D eigenvalue weighted by Crippen LogP contribution is -2.24. The molecule has 6 nitrogen and oxygen atoms in total.